The van der Waals surface area contributed by atoms with Crippen LogP contribution < -0.4 is 5.73 Å². The van der Waals surface area contributed by atoms with Gasteiger partial charge in [0.25, 0.3) is 0 Å². The first-order valence-electron chi connectivity index (χ1n) is 9.68. The lowest BCUT2D eigenvalue weighted by Crippen LogP contribution is -2.15. The highest BCUT2D eigenvalue weighted by Crippen LogP contribution is 2.55. The molecule has 0 amide bonds. The number of terminal acetylenes is 1. The highest BCUT2D eigenvalue weighted by Gasteiger charge is 2.45. The van der Waals surface area contributed by atoms with E-state index in [1.54, 1.807) is 0 Å². The van der Waals surface area contributed by atoms with Crippen LogP contribution in [0.15, 0.2) is 18.3 Å². The summed E-state index contributed by atoms with van der Waals surface area (Å²) in [6.45, 7) is 0.347. The number of fused-ring (bicyclic) bond motifs is 1. The van der Waals surface area contributed by atoms with E-state index in [1.807, 2.05) is 6.20 Å². The van der Waals surface area contributed by atoms with Crippen LogP contribution in [0.3, 0.4) is 0 Å². The Morgan fingerprint density at radius 3 is 2.20 bits per heavy atom. The number of hydrogen-bond donors (Lipinski definition) is 1. The first kappa shape index (κ1) is 18.1. The molecule has 134 valence electrons. The molecule has 25 heavy (non-hydrogen) atoms. The van der Waals surface area contributed by atoms with Crippen LogP contribution >= 0.6 is 0 Å². The van der Waals surface area contributed by atoms with Gasteiger partial charge >= 0.3 is 0 Å². The molecule has 3 nitrogen and oxygen atoms in total. The lowest BCUT2D eigenvalue weighted by atomic mass is 9.84. The Hall–Kier alpha value is -1.66. The number of hydrogen-bond acceptors (Lipinski definition) is 3. The molecular formula is C22H30N2O. The van der Waals surface area contributed by atoms with Crippen LogP contribution in [0, 0.1) is 23.2 Å². The van der Waals surface area contributed by atoms with Gasteiger partial charge in [0.15, 0.2) is 0 Å². The van der Waals surface area contributed by atoms with Gasteiger partial charge in [0, 0.05) is 24.7 Å². The molecule has 3 fully saturated rings. The fourth-order valence-electron chi connectivity index (χ4n) is 4.07. The standard InChI is InChI=1S/C11H13N.C8H12O.C3H5N/c1-2-9-8-11(5-6-11)4-3-10(9)12-7-1;9-7-1-3-8(4-2-7)5-6-8;1-2-3-4/h1-2,7H,3-6,8H2;1-6H2;1H,3-4H2. The summed E-state index contributed by atoms with van der Waals surface area (Å²) in [4.78, 5) is 15.2. The molecular weight excluding hydrogens is 308 g/mol. The van der Waals surface area contributed by atoms with E-state index in [-0.39, 0.29) is 0 Å². The number of aromatic nitrogens is 1. The molecule has 4 aliphatic rings. The summed E-state index contributed by atoms with van der Waals surface area (Å²) in [5.41, 5.74) is 9.08. The van der Waals surface area contributed by atoms with Crippen molar-refractivity contribution in [3.8, 4) is 12.3 Å². The van der Waals surface area contributed by atoms with E-state index in [0.29, 0.717) is 17.7 Å². The van der Waals surface area contributed by atoms with Crippen LogP contribution in [0.25, 0.3) is 0 Å². The number of nitrogens with zero attached hydrogens (tertiary/aromatic N) is 1. The van der Waals surface area contributed by atoms with Gasteiger partial charge in [-0.05, 0) is 80.2 Å². The Bertz CT molecular complexity index is 638. The summed E-state index contributed by atoms with van der Waals surface area (Å²) in [6.07, 6.45) is 20.4. The number of nitrogens with two attached hydrogens (primary N) is 1. The van der Waals surface area contributed by atoms with Crippen LogP contribution in [0.5, 0.6) is 0 Å². The summed E-state index contributed by atoms with van der Waals surface area (Å²) in [6, 6.07) is 4.32. The number of rotatable bonds is 0. The lowest BCUT2D eigenvalue weighted by molar-refractivity contribution is -0.121. The monoisotopic (exact) mass is 338 g/mol. The lowest BCUT2D eigenvalue weighted by Gasteiger charge is -2.22. The smallest absolute Gasteiger partial charge is 0.132 e. The quantitative estimate of drug-likeness (QED) is 0.731. The van der Waals surface area contributed by atoms with Crippen LogP contribution in [0.4, 0.5) is 0 Å². The van der Waals surface area contributed by atoms with Crippen LogP contribution in [-0.2, 0) is 17.6 Å². The van der Waals surface area contributed by atoms with Crippen molar-refractivity contribution in [3.63, 3.8) is 0 Å². The van der Waals surface area contributed by atoms with E-state index in [1.165, 1.54) is 69.0 Å². The number of carbonyl (C=O) groups is 1. The Kier molecular flexibility index (Phi) is 5.59. The van der Waals surface area contributed by atoms with Crippen molar-refractivity contribution in [3.05, 3.63) is 29.6 Å². The summed E-state index contributed by atoms with van der Waals surface area (Å²) in [5, 5.41) is 0. The second kappa shape index (κ2) is 7.70. The molecule has 0 saturated heterocycles. The minimum atomic E-state index is 0.347. The SMILES string of the molecule is C#CCN.O=C1CCC2(CC1)CC2.c1cnc2c(c1)CC1(CC2)CC1. The molecule has 0 unspecified atom stereocenters. The van der Waals surface area contributed by atoms with Gasteiger partial charge in [0.05, 0.1) is 6.54 Å². The third-order valence-electron chi connectivity index (χ3n) is 6.34. The summed E-state index contributed by atoms with van der Waals surface area (Å²) in [5.74, 6) is 2.70. The minimum absolute atomic E-state index is 0.347. The third kappa shape index (κ3) is 4.92. The van der Waals surface area contributed by atoms with E-state index in [2.05, 4.69) is 29.5 Å². The van der Waals surface area contributed by atoms with Crippen molar-refractivity contribution in [2.75, 3.05) is 6.54 Å². The van der Waals surface area contributed by atoms with Gasteiger partial charge in [-0.15, -0.1) is 6.42 Å². The molecule has 5 rings (SSSR count). The third-order valence-corrected chi connectivity index (χ3v) is 6.34. The highest BCUT2D eigenvalue weighted by atomic mass is 16.1. The zero-order chi connectivity index (χ0) is 17.8. The summed E-state index contributed by atoms with van der Waals surface area (Å²) < 4.78 is 0. The number of carbonyl (C=O) groups excluding carboxylic acids is 1. The molecule has 0 aliphatic heterocycles. The molecule has 2 spiro atoms. The molecule has 1 aromatic rings. The van der Waals surface area contributed by atoms with E-state index < -0.39 is 0 Å². The topological polar surface area (TPSA) is 56.0 Å². The van der Waals surface area contributed by atoms with Crippen molar-refractivity contribution in [2.24, 2.45) is 16.6 Å². The number of pyridine rings is 1. The molecule has 0 radical (unpaired) electrons. The predicted molar refractivity (Wildman–Crippen MR) is 101 cm³/mol. The normalized spacial score (nSPS) is 23.3. The van der Waals surface area contributed by atoms with Crippen molar-refractivity contribution in [1.82, 2.24) is 4.98 Å². The predicted octanol–water partition coefficient (Wildman–Crippen LogP) is 3.84. The van der Waals surface area contributed by atoms with Gasteiger partial charge < -0.3 is 5.73 Å². The van der Waals surface area contributed by atoms with Crippen molar-refractivity contribution in [2.45, 2.75) is 70.6 Å². The number of ketones is 1. The van der Waals surface area contributed by atoms with Gasteiger partial charge in [0.2, 0.25) is 0 Å². The Labute approximate surface area is 151 Å². The van der Waals surface area contributed by atoms with E-state index in [0.717, 1.165) is 18.3 Å². The Morgan fingerprint density at radius 1 is 1.04 bits per heavy atom. The maximum atomic E-state index is 10.8. The second-order valence-corrected chi connectivity index (χ2v) is 8.23. The molecule has 3 heteroatoms. The zero-order valence-electron chi connectivity index (χ0n) is 15.2. The number of Topliss-reactive ketones (excluding diaryl/α,β-unsaturated/α-hetero) is 1. The average molecular weight is 338 g/mol. The maximum absolute atomic E-state index is 10.8. The van der Waals surface area contributed by atoms with E-state index in [9.17, 15) is 4.79 Å². The fraction of sp³-hybridized carbons (Fsp3) is 0.636. The molecule has 2 N–H and O–H groups in total. The van der Waals surface area contributed by atoms with Crippen LogP contribution in [0.2, 0.25) is 0 Å². The van der Waals surface area contributed by atoms with Crippen LogP contribution in [0.1, 0.15) is 69.0 Å². The Balaban J connectivity index is 0.000000125. The van der Waals surface area contributed by atoms with E-state index in [4.69, 9.17) is 5.73 Å². The van der Waals surface area contributed by atoms with Crippen molar-refractivity contribution in [1.29, 1.82) is 0 Å². The molecule has 4 aliphatic carbocycles. The fourth-order valence-corrected chi connectivity index (χ4v) is 4.07. The van der Waals surface area contributed by atoms with Crippen molar-refractivity contribution >= 4 is 5.78 Å². The number of aryl methyl sites for hydroxylation is 1. The molecule has 0 aromatic carbocycles. The van der Waals surface area contributed by atoms with Gasteiger partial charge in [-0.25, -0.2) is 0 Å². The molecule has 0 atom stereocenters. The molecule has 1 aromatic heterocycles. The molecule has 0 bridgehead atoms. The van der Waals surface area contributed by atoms with Gasteiger partial charge in [-0.2, -0.15) is 0 Å². The summed E-state index contributed by atoms with van der Waals surface area (Å²) in [7, 11) is 0. The molecule has 1 heterocycles. The zero-order valence-corrected chi connectivity index (χ0v) is 15.2. The average Bonchev–Trinajstić information content (AvgIpc) is 3.58. The second-order valence-electron chi connectivity index (χ2n) is 8.23. The van der Waals surface area contributed by atoms with Gasteiger partial charge in [-0.3, -0.25) is 9.78 Å². The minimum Gasteiger partial charge on any atom is -0.320 e. The van der Waals surface area contributed by atoms with Gasteiger partial charge in [0.1, 0.15) is 5.78 Å². The molecule has 3 saturated carbocycles. The highest BCUT2D eigenvalue weighted by molar-refractivity contribution is 5.79. The first-order chi connectivity index (χ1) is 12.1. The largest absolute Gasteiger partial charge is 0.320 e. The van der Waals surface area contributed by atoms with E-state index >= 15 is 0 Å². The maximum Gasteiger partial charge on any atom is 0.132 e. The van der Waals surface area contributed by atoms with Crippen LogP contribution in [-0.4, -0.2) is 17.3 Å². The summed E-state index contributed by atoms with van der Waals surface area (Å²) >= 11 is 0. The Morgan fingerprint density at radius 2 is 1.64 bits per heavy atom. The first-order valence-corrected chi connectivity index (χ1v) is 9.68. The van der Waals surface area contributed by atoms with Crippen molar-refractivity contribution < 1.29 is 4.79 Å². The van der Waals surface area contributed by atoms with Gasteiger partial charge in [-0.1, -0.05) is 12.0 Å².